The Kier molecular flexibility index (Phi) is 4.88. The van der Waals surface area contributed by atoms with E-state index >= 15 is 0 Å². The topological polar surface area (TPSA) is 85.6 Å². The Balaban J connectivity index is 1.50. The van der Waals surface area contributed by atoms with Crippen LogP contribution in [0.5, 0.6) is 5.75 Å². The van der Waals surface area contributed by atoms with E-state index in [-0.39, 0.29) is 17.3 Å². The van der Waals surface area contributed by atoms with Crippen molar-refractivity contribution in [1.29, 1.82) is 0 Å². The first-order valence-corrected chi connectivity index (χ1v) is 11.1. The highest BCUT2D eigenvalue weighted by molar-refractivity contribution is 6.15. The summed E-state index contributed by atoms with van der Waals surface area (Å²) < 4.78 is 12.3. The number of carbonyl (C=O) groups excluding carboxylic acids is 3. The van der Waals surface area contributed by atoms with Gasteiger partial charge < -0.3 is 14.5 Å². The molecule has 0 unspecified atom stereocenters. The minimum Gasteiger partial charge on any atom is -0.486 e. The van der Waals surface area contributed by atoms with Crippen LogP contribution in [0, 0.1) is 6.92 Å². The van der Waals surface area contributed by atoms with E-state index in [1.54, 1.807) is 43.3 Å². The normalized spacial score (nSPS) is 17.1. The zero-order chi connectivity index (χ0) is 22.5. The van der Waals surface area contributed by atoms with Crippen molar-refractivity contribution < 1.29 is 23.5 Å². The molecule has 0 bridgehead atoms. The summed E-state index contributed by atoms with van der Waals surface area (Å²) in [6, 6.07) is 10.3. The lowest BCUT2D eigenvalue weighted by Gasteiger charge is -2.40. The van der Waals surface area contributed by atoms with E-state index < -0.39 is 11.5 Å². The van der Waals surface area contributed by atoms with Gasteiger partial charge in [-0.2, -0.15) is 0 Å². The van der Waals surface area contributed by atoms with E-state index in [0.29, 0.717) is 45.5 Å². The predicted molar refractivity (Wildman–Crippen MR) is 121 cm³/mol. The van der Waals surface area contributed by atoms with Crippen LogP contribution in [0.15, 0.2) is 40.8 Å². The third kappa shape index (κ3) is 3.40. The summed E-state index contributed by atoms with van der Waals surface area (Å²) in [5, 5.41) is 3.43. The van der Waals surface area contributed by atoms with Crippen molar-refractivity contribution in [2.45, 2.75) is 58.0 Å². The Morgan fingerprint density at radius 2 is 1.84 bits per heavy atom. The number of fused-ring (bicyclic) bond motifs is 3. The maximum absolute atomic E-state index is 13.2. The number of nitrogens with one attached hydrogen (secondary N) is 1. The first-order valence-electron chi connectivity index (χ1n) is 11.1. The Morgan fingerprint density at radius 3 is 2.59 bits per heavy atom. The van der Waals surface area contributed by atoms with Crippen molar-refractivity contribution >= 4 is 34.1 Å². The second-order valence-corrected chi connectivity index (χ2v) is 8.90. The van der Waals surface area contributed by atoms with Crippen molar-refractivity contribution in [2.75, 3.05) is 5.32 Å². The lowest BCUT2D eigenvalue weighted by molar-refractivity contribution is 0.0139. The molecule has 164 valence electrons. The molecule has 0 atom stereocenters. The number of benzene rings is 2. The molecule has 1 saturated carbocycles. The van der Waals surface area contributed by atoms with Crippen LogP contribution in [-0.2, 0) is 0 Å². The highest BCUT2D eigenvalue weighted by Gasteiger charge is 2.42. The fourth-order valence-corrected chi connectivity index (χ4v) is 5.03. The van der Waals surface area contributed by atoms with Gasteiger partial charge in [-0.1, -0.05) is 18.6 Å². The van der Waals surface area contributed by atoms with Gasteiger partial charge in [-0.05, 0) is 63.8 Å². The monoisotopic (exact) mass is 431 g/mol. The van der Waals surface area contributed by atoms with E-state index in [9.17, 15) is 14.4 Å². The average Bonchev–Trinajstić information content (AvgIpc) is 3.11. The number of furan rings is 1. The molecule has 32 heavy (non-hydrogen) atoms. The molecule has 1 N–H and O–H groups in total. The predicted octanol–water partition coefficient (Wildman–Crippen LogP) is 5.86. The third-order valence-corrected chi connectivity index (χ3v) is 6.64. The van der Waals surface area contributed by atoms with Crippen molar-refractivity contribution in [3.63, 3.8) is 0 Å². The van der Waals surface area contributed by atoms with Gasteiger partial charge in [0.15, 0.2) is 17.3 Å². The van der Waals surface area contributed by atoms with Crippen LogP contribution in [-0.4, -0.2) is 23.1 Å². The number of ether oxygens (including phenoxy) is 1. The minimum absolute atomic E-state index is 0.0452. The fraction of sp³-hybridized carbons (Fsp3) is 0.346. The molecule has 1 fully saturated rings. The number of anilines is 1. The van der Waals surface area contributed by atoms with Gasteiger partial charge in [-0.3, -0.25) is 14.4 Å². The molecule has 1 aliphatic carbocycles. The summed E-state index contributed by atoms with van der Waals surface area (Å²) in [5.74, 6) is 0.264. The maximum atomic E-state index is 13.2. The molecule has 2 heterocycles. The summed E-state index contributed by atoms with van der Waals surface area (Å²) in [4.78, 5) is 37.8. The van der Waals surface area contributed by atoms with Crippen LogP contribution in [0.2, 0.25) is 0 Å². The van der Waals surface area contributed by atoms with Gasteiger partial charge in [0.1, 0.15) is 16.9 Å². The standard InChI is InChI=1S/C26H25NO5/c1-15-22-20(31-24(15)25(30)27-18-8-6-7-17(13-18)16(2)28)9-10-21-23(22)19(29)14-26(32-21)11-4-3-5-12-26/h6-10,13H,3-5,11-12,14H2,1-2H3,(H,27,30). The average molecular weight is 431 g/mol. The van der Waals surface area contributed by atoms with E-state index in [1.807, 2.05) is 0 Å². The third-order valence-electron chi connectivity index (χ3n) is 6.64. The first kappa shape index (κ1) is 20.5. The largest absolute Gasteiger partial charge is 0.486 e. The van der Waals surface area contributed by atoms with Gasteiger partial charge in [0, 0.05) is 22.2 Å². The summed E-state index contributed by atoms with van der Waals surface area (Å²) in [5.41, 5.74) is 2.22. The van der Waals surface area contributed by atoms with Crippen molar-refractivity contribution in [2.24, 2.45) is 0 Å². The van der Waals surface area contributed by atoms with Crippen LogP contribution >= 0.6 is 0 Å². The Bertz CT molecular complexity index is 1260. The molecule has 2 aromatic carbocycles. The molecule has 6 nitrogen and oxygen atoms in total. The van der Waals surface area contributed by atoms with E-state index in [0.717, 1.165) is 25.7 Å². The van der Waals surface area contributed by atoms with Gasteiger partial charge in [-0.15, -0.1) is 0 Å². The molecule has 5 rings (SSSR count). The Labute approximate surface area is 185 Å². The van der Waals surface area contributed by atoms with Gasteiger partial charge in [0.25, 0.3) is 5.91 Å². The number of ketones is 2. The van der Waals surface area contributed by atoms with Crippen LogP contribution in [0.1, 0.15) is 82.3 Å². The molecule has 0 radical (unpaired) electrons. The quantitative estimate of drug-likeness (QED) is 0.525. The number of hydrogen-bond acceptors (Lipinski definition) is 5. The molecule has 1 amide bonds. The number of amides is 1. The lowest BCUT2D eigenvalue weighted by atomic mass is 9.78. The van der Waals surface area contributed by atoms with Gasteiger partial charge >= 0.3 is 0 Å². The van der Waals surface area contributed by atoms with Crippen LogP contribution < -0.4 is 10.1 Å². The van der Waals surface area contributed by atoms with E-state index in [2.05, 4.69) is 5.32 Å². The molecule has 0 saturated heterocycles. The number of carbonyl (C=O) groups is 3. The highest BCUT2D eigenvalue weighted by atomic mass is 16.5. The van der Waals surface area contributed by atoms with Gasteiger partial charge in [0.2, 0.25) is 0 Å². The first-order chi connectivity index (χ1) is 15.4. The second-order valence-electron chi connectivity index (χ2n) is 8.90. The van der Waals surface area contributed by atoms with E-state index in [4.69, 9.17) is 9.15 Å². The lowest BCUT2D eigenvalue weighted by Crippen LogP contribution is -2.43. The molecule has 3 aromatic rings. The molecule has 1 spiro atoms. The number of Topliss-reactive ketones (excluding diaryl/α,β-unsaturated/α-hetero) is 2. The van der Waals surface area contributed by atoms with Crippen LogP contribution in [0.25, 0.3) is 11.0 Å². The molecular formula is C26H25NO5. The van der Waals surface area contributed by atoms with Crippen molar-refractivity contribution in [3.8, 4) is 5.75 Å². The van der Waals surface area contributed by atoms with Gasteiger partial charge in [-0.25, -0.2) is 0 Å². The second kappa shape index (κ2) is 7.62. The molecule has 1 aromatic heterocycles. The Morgan fingerprint density at radius 1 is 1.06 bits per heavy atom. The van der Waals surface area contributed by atoms with E-state index in [1.165, 1.54) is 13.3 Å². The highest BCUT2D eigenvalue weighted by Crippen LogP contribution is 2.45. The SMILES string of the molecule is CC(=O)c1cccc(NC(=O)c2oc3ccc4c(c3c2C)C(=O)CC2(CCCCC2)O4)c1. The summed E-state index contributed by atoms with van der Waals surface area (Å²) in [7, 11) is 0. The zero-order valence-electron chi connectivity index (χ0n) is 18.2. The summed E-state index contributed by atoms with van der Waals surface area (Å²) >= 11 is 0. The fourth-order valence-electron chi connectivity index (χ4n) is 5.03. The number of aryl methyl sites for hydroxylation is 1. The van der Waals surface area contributed by atoms with Crippen molar-refractivity contribution in [1.82, 2.24) is 0 Å². The van der Waals surface area contributed by atoms with Crippen LogP contribution in [0.4, 0.5) is 5.69 Å². The Hall–Kier alpha value is -3.41. The van der Waals surface area contributed by atoms with Crippen LogP contribution in [0.3, 0.4) is 0 Å². The summed E-state index contributed by atoms with van der Waals surface area (Å²) in [6.45, 7) is 3.26. The zero-order valence-corrected chi connectivity index (χ0v) is 18.2. The molecular weight excluding hydrogens is 406 g/mol. The minimum atomic E-state index is -0.430. The summed E-state index contributed by atoms with van der Waals surface area (Å²) in [6.07, 6.45) is 5.49. The maximum Gasteiger partial charge on any atom is 0.291 e. The van der Waals surface area contributed by atoms with Crippen molar-refractivity contribution in [3.05, 3.63) is 58.8 Å². The number of rotatable bonds is 3. The number of hydrogen-bond donors (Lipinski definition) is 1. The molecule has 6 heteroatoms. The van der Waals surface area contributed by atoms with Gasteiger partial charge in [0.05, 0.1) is 12.0 Å². The smallest absolute Gasteiger partial charge is 0.291 e. The molecule has 1 aliphatic heterocycles. The molecule has 2 aliphatic rings.